The normalized spacial score (nSPS) is 22.9. The van der Waals surface area contributed by atoms with E-state index in [2.05, 4.69) is 0 Å². The molecule has 0 saturated carbocycles. The van der Waals surface area contributed by atoms with Crippen molar-refractivity contribution in [2.45, 2.75) is 26.1 Å². The number of rotatable bonds is 3. The third kappa shape index (κ3) is 4.14. The molecular formula is C18H22ClNO3. The van der Waals surface area contributed by atoms with Crippen LogP contribution in [-0.2, 0) is 14.3 Å². The van der Waals surface area contributed by atoms with Crippen LogP contribution in [0.1, 0.15) is 24.0 Å². The zero-order valence-corrected chi connectivity index (χ0v) is 14.1. The molecule has 1 unspecified atom stereocenters. The van der Waals surface area contributed by atoms with Crippen molar-refractivity contribution < 1.29 is 14.3 Å². The van der Waals surface area contributed by atoms with Gasteiger partial charge in [0.2, 0.25) is 5.91 Å². The number of likely N-dealkylation sites (tertiary alicyclic amines) is 1. The van der Waals surface area contributed by atoms with E-state index in [4.69, 9.17) is 21.1 Å². The minimum atomic E-state index is -0.148. The Bertz CT molecular complexity index is 596. The van der Waals surface area contributed by atoms with Gasteiger partial charge in [0.15, 0.2) is 6.29 Å². The lowest BCUT2D eigenvalue weighted by molar-refractivity contribution is -0.134. The first-order valence-corrected chi connectivity index (χ1v) is 8.47. The van der Waals surface area contributed by atoms with Gasteiger partial charge < -0.3 is 14.4 Å². The summed E-state index contributed by atoms with van der Waals surface area (Å²) in [4.78, 5) is 14.3. The van der Waals surface area contributed by atoms with Crippen LogP contribution in [0.5, 0.6) is 0 Å². The number of carbonyl (C=O) groups is 1. The molecule has 1 aromatic rings. The fourth-order valence-corrected chi connectivity index (χ4v) is 3.26. The molecule has 23 heavy (non-hydrogen) atoms. The van der Waals surface area contributed by atoms with Gasteiger partial charge in [-0.1, -0.05) is 23.7 Å². The second-order valence-electron chi connectivity index (χ2n) is 6.14. The molecule has 124 valence electrons. The van der Waals surface area contributed by atoms with Gasteiger partial charge in [0, 0.05) is 30.1 Å². The first kappa shape index (κ1) is 16.5. The first-order chi connectivity index (χ1) is 11.1. The van der Waals surface area contributed by atoms with Crippen molar-refractivity contribution in [2.24, 2.45) is 5.92 Å². The van der Waals surface area contributed by atoms with E-state index in [1.165, 1.54) is 0 Å². The molecule has 2 aliphatic heterocycles. The van der Waals surface area contributed by atoms with E-state index in [0.29, 0.717) is 24.8 Å². The maximum Gasteiger partial charge on any atom is 0.246 e. The minimum absolute atomic E-state index is 0.0318. The van der Waals surface area contributed by atoms with Crippen LogP contribution in [-0.4, -0.2) is 43.4 Å². The SMILES string of the molecule is Cc1ccc(/C=C/C(=O)N2CCCC(C3OCCO3)C2)cc1Cl. The van der Waals surface area contributed by atoms with Gasteiger partial charge in [-0.3, -0.25) is 4.79 Å². The monoisotopic (exact) mass is 335 g/mol. The quantitative estimate of drug-likeness (QED) is 0.796. The first-order valence-electron chi connectivity index (χ1n) is 8.10. The van der Waals surface area contributed by atoms with Crippen LogP contribution in [0.3, 0.4) is 0 Å². The Kier molecular flexibility index (Phi) is 5.36. The van der Waals surface area contributed by atoms with Crippen LogP contribution in [0.4, 0.5) is 0 Å². The molecule has 5 heteroatoms. The summed E-state index contributed by atoms with van der Waals surface area (Å²) in [6.07, 6.45) is 5.33. The van der Waals surface area contributed by atoms with Crippen molar-refractivity contribution in [1.29, 1.82) is 0 Å². The molecule has 2 heterocycles. The van der Waals surface area contributed by atoms with Crippen LogP contribution < -0.4 is 0 Å². The molecule has 0 radical (unpaired) electrons. The van der Waals surface area contributed by atoms with Crippen molar-refractivity contribution >= 4 is 23.6 Å². The highest BCUT2D eigenvalue weighted by Gasteiger charge is 2.32. The molecule has 0 bridgehead atoms. The second-order valence-corrected chi connectivity index (χ2v) is 6.55. The summed E-state index contributed by atoms with van der Waals surface area (Å²) in [6.45, 7) is 4.76. The predicted molar refractivity (Wildman–Crippen MR) is 90.2 cm³/mol. The third-order valence-corrected chi connectivity index (χ3v) is 4.82. The number of carbonyl (C=O) groups excluding carboxylic acids is 1. The van der Waals surface area contributed by atoms with Crippen molar-refractivity contribution in [2.75, 3.05) is 26.3 Å². The van der Waals surface area contributed by atoms with Crippen molar-refractivity contribution in [3.8, 4) is 0 Å². The standard InChI is InChI=1S/C18H22ClNO3/c1-13-4-5-14(11-16(13)19)6-7-17(21)20-8-2-3-15(12-20)18-22-9-10-23-18/h4-7,11,15,18H,2-3,8-10,12H2,1H3/b7-6+. The van der Waals surface area contributed by atoms with E-state index < -0.39 is 0 Å². The Morgan fingerprint density at radius 2 is 2.13 bits per heavy atom. The molecule has 0 aliphatic carbocycles. The Hall–Kier alpha value is -1.36. The number of hydrogen-bond donors (Lipinski definition) is 0. The van der Waals surface area contributed by atoms with Crippen molar-refractivity contribution in [3.05, 3.63) is 40.4 Å². The molecule has 1 aromatic carbocycles. The van der Waals surface area contributed by atoms with Gasteiger partial charge in [-0.15, -0.1) is 0 Å². The highest BCUT2D eigenvalue weighted by Crippen LogP contribution is 2.25. The van der Waals surface area contributed by atoms with E-state index in [9.17, 15) is 4.79 Å². The predicted octanol–water partition coefficient (Wildman–Crippen LogP) is 3.27. The Morgan fingerprint density at radius 1 is 1.35 bits per heavy atom. The number of amides is 1. The Labute approximate surface area is 142 Å². The maximum absolute atomic E-state index is 12.4. The number of aryl methyl sites for hydroxylation is 1. The molecule has 0 spiro atoms. The minimum Gasteiger partial charge on any atom is -0.350 e. The maximum atomic E-state index is 12.4. The lowest BCUT2D eigenvalue weighted by Gasteiger charge is -2.34. The molecule has 2 fully saturated rings. The molecule has 3 rings (SSSR count). The summed E-state index contributed by atoms with van der Waals surface area (Å²) in [5, 5.41) is 0.716. The van der Waals surface area contributed by atoms with E-state index in [1.807, 2.05) is 36.1 Å². The van der Waals surface area contributed by atoms with Gasteiger partial charge in [-0.05, 0) is 43.0 Å². The molecule has 0 aromatic heterocycles. The number of halogens is 1. The summed E-state index contributed by atoms with van der Waals surface area (Å²) in [7, 11) is 0. The number of hydrogen-bond acceptors (Lipinski definition) is 3. The van der Waals surface area contributed by atoms with Gasteiger partial charge in [0.25, 0.3) is 0 Å². The molecule has 1 amide bonds. The number of piperidine rings is 1. The zero-order valence-electron chi connectivity index (χ0n) is 13.3. The highest BCUT2D eigenvalue weighted by molar-refractivity contribution is 6.31. The van der Waals surface area contributed by atoms with E-state index >= 15 is 0 Å². The van der Waals surface area contributed by atoms with Gasteiger partial charge >= 0.3 is 0 Å². The number of nitrogens with zero attached hydrogens (tertiary/aromatic N) is 1. The smallest absolute Gasteiger partial charge is 0.246 e. The van der Waals surface area contributed by atoms with E-state index in [1.54, 1.807) is 6.08 Å². The average molecular weight is 336 g/mol. The summed E-state index contributed by atoms with van der Waals surface area (Å²) >= 11 is 6.11. The van der Waals surface area contributed by atoms with Crippen molar-refractivity contribution in [3.63, 3.8) is 0 Å². The average Bonchev–Trinajstić information content (AvgIpc) is 3.10. The van der Waals surface area contributed by atoms with E-state index in [-0.39, 0.29) is 18.1 Å². The fraction of sp³-hybridized carbons (Fsp3) is 0.500. The third-order valence-electron chi connectivity index (χ3n) is 4.42. The van der Waals surface area contributed by atoms with Crippen LogP contribution in [0.2, 0.25) is 5.02 Å². The Balaban J connectivity index is 1.60. The number of ether oxygens (including phenoxy) is 2. The summed E-state index contributed by atoms with van der Waals surface area (Å²) < 4.78 is 11.2. The zero-order chi connectivity index (χ0) is 16.2. The van der Waals surface area contributed by atoms with Gasteiger partial charge in [-0.25, -0.2) is 0 Å². The number of benzene rings is 1. The van der Waals surface area contributed by atoms with Gasteiger partial charge in [-0.2, -0.15) is 0 Å². The second kappa shape index (κ2) is 7.47. The van der Waals surface area contributed by atoms with Gasteiger partial charge in [0.1, 0.15) is 0 Å². The van der Waals surface area contributed by atoms with Gasteiger partial charge in [0.05, 0.1) is 13.2 Å². The largest absolute Gasteiger partial charge is 0.350 e. The lowest BCUT2D eigenvalue weighted by atomic mass is 9.97. The molecule has 2 aliphatic rings. The molecule has 4 nitrogen and oxygen atoms in total. The van der Waals surface area contributed by atoms with Crippen LogP contribution in [0.15, 0.2) is 24.3 Å². The van der Waals surface area contributed by atoms with Crippen molar-refractivity contribution in [1.82, 2.24) is 4.90 Å². The summed E-state index contributed by atoms with van der Waals surface area (Å²) in [6, 6.07) is 5.79. The lowest BCUT2D eigenvalue weighted by Crippen LogP contribution is -2.43. The summed E-state index contributed by atoms with van der Waals surface area (Å²) in [5.41, 5.74) is 1.97. The van der Waals surface area contributed by atoms with Crippen LogP contribution in [0, 0.1) is 12.8 Å². The van der Waals surface area contributed by atoms with Crippen LogP contribution in [0.25, 0.3) is 6.08 Å². The van der Waals surface area contributed by atoms with Crippen LogP contribution >= 0.6 is 11.6 Å². The van der Waals surface area contributed by atoms with E-state index in [0.717, 1.165) is 30.5 Å². The highest BCUT2D eigenvalue weighted by atomic mass is 35.5. The summed E-state index contributed by atoms with van der Waals surface area (Å²) in [5.74, 6) is 0.307. The molecule has 1 atom stereocenters. The molecule has 2 saturated heterocycles. The topological polar surface area (TPSA) is 38.8 Å². The fourth-order valence-electron chi connectivity index (χ4n) is 3.07. The molecular weight excluding hydrogens is 314 g/mol. The Morgan fingerprint density at radius 3 is 2.87 bits per heavy atom. The molecule has 0 N–H and O–H groups in total.